The molecule has 1 unspecified atom stereocenters. The molecule has 1 aromatic carbocycles. The molecule has 6 nitrogen and oxygen atoms in total. The van der Waals surface area contributed by atoms with Crippen LogP contribution in [0.1, 0.15) is 56.9 Å². The number of aliphatic carboxylic acids is 1. The van der Waals surface area contributed by atoms with Crippen molar-refractivity contribution in [1.82, 2.24) is 0 Å². The number of carboxylic acids is 1. The van der Waals surface area contributed by atoms with E-state index in [0.29, 0.717) is 37.2 Å². The first kappa shape index (κ1) is 18.1. The zero-order valence-corrected chi connectivity index (χ0v) is 15.6. The molecule has 4 rings (SSSR count). The average molecular weight is 371 g/mol. The summed E-state index contributed by atoms with van der Waals surface area (Å²) in [5.41, 5.74) is -0.288. The van der Waals surface area contributed by atoms with Gasteiger partial charge in [0.15, 0.2) is 17.6 Å². The predicted octanol–water partition coefficient (Wildman–Crippen LogP) is 3.57. The van der Waals surface area contributed by atoms with Crippen LogP contribution in [-0.4, -0.2) is 36.0 Å². The Morgan fingerprint density at radius 1 is 1.22 bits per heavy atom. The first-order valence-corrected chi connectivity index (χ1v) is 9.69. The van der Waals surface area contributed by atoms with Crippen molar-refractivity contribution in [3.8, 4) is 17.6 Å². The number of nitriles is 1. The van der Waals surface area contributed by atoms with E-state index in [1.54, 1.807) is 7.11 Å². The highest BCUT2D eigenvalue weighted by atomic mass is 16.6. The second kappa shape index (κ2) is 6.72. The van der Waals surface area contributed by atoms with Gasteiger partial charge in [-0.2, -0.15) is 5.26 Å². The van der Waals surface area contributed by atoms with Crippen LogP contribution in [0.5, 0.6) is 11.5 Å². The maximum atomic E-state index is 11.2. The maximum Gasteiger partial charge on any atom is 0.335 e. The summed E-state index contributed by atoms with van der Waals surface area (Å²) in [4.78, 5) is 11.2. The van der Waals surface area contributed by atoms with Gasteiger partial charge in [0.25, 0.3) is 0 Å². The smallest absolute Gasteiger partial charge is 0.335 e. The molecular weight excluding hydrogens is 346 g/mol. The summed E-state index contributed by atoms with van der Waals surface area (Å²) in [5.74, 6) is 0.474. The topological polar surface area (TPSA) is 92.1 Å². The molecule has 1 saturated heterocycles. The van der Waals surface area contributed by atoms with E-state index in [-0.39, 0.29) is 6.10 Å². The second-order valence-electron chi connectivity index (χ2n) is 7.98. The van der Waals surface area contributed by atoms with Gasteiger partial charge in [0.05, 0.1) is 24.7 Å². The Hall–Kier alpha value is -2.26. The summed E-state index contributed by atoms with van der Waals surface area (Å²) < 4.78 is 17.1. The van der Waals surface area contributed by atoms with Gasteiger partial charge in [0.1, 0.15) is 5.60 Å². The molecule has 1 aromatic rings. The zero-order chi connectivity index (χ0) is 19.1. The van der Waals surface area contributed by atoms with Crippen molar-refractivity contribution < 1.29 is 24.1 Å². The Kier molecular flexibility index (Phi) is 4.51. The minimum Gasteiger partial charge on any atom is -0.493 e. The molecule has 1 spiro atoms. The molecular formula is C21H25NO5. The quantitative estimate of drug-likeness (QED) is 0.796. The standard InChI is InChI=1S/C21H25NO5/c1-25-16-7-6-14(12-17(16)26-15-4-2-3-5-15)20(13-22)8-10-21(11-9-20)18(27-21)19(23)24/h6-7,12,15,18H,2-5,8-11H2,1H3,(H,23,24). The highest BCUT2D eigenvalue weighted by Gasteiger charge is 2.63. The number of carboxylic acid groups (broad SMARTS) is 1. The largest absolute Gasteiger partial charge is 0.493 e. The number of nitrogens with zero attached hydrogens (tertiary/aromatic N) is 1. The number of hydrogen-bond acceptors (Lipinski definition) is 5. The molecule has 0 radical (unpaired) electrons. The molecule has 2 saturated carbocycles. The minimum atomic E-state index is -0.906. The lowest BCUT2D eigenvalue weighted by atomic mass is 9.66. The van der Waals surface area contributed by atoms with E-state index in [4.69, 9.17) is 14.2 Å². The molecule has 6 heteroatoms. The summed E-state index contributed by atoms with van der Waals surface area (Å²) in [7, 11) is 1.62. The number of ether oxygens (including phenoxy) is 3. The van der Waals surface area contributed by atoms with Gasteiger partial charge in [0.2, 0.25) is 0 Å². The van der Waals surface area contributed by atoms with E-state index >= 15 is 0 Å². The molecule has 144 valence electrons. The van der Waals surface area contributed by atoms with Gasteiger partial charge in [0, 0.05) is 0 Å². The summed E-state index contributed by atoms with van der Waals surface area (Å²) >= 11 is 0. The molecule has 2 aliphatic carbocycles. The predicted molar refractivity (Wildman–Crippen MR) is 96.9 cm³/mol. The lowest BCUT2D eigenvalue weighted by molar-refractivity contribution is -0.138. The van der Waals surface area contributed by atoms with Gasteiger partial charge >= 0.3 is 5.97 Å². The highest BCUT2D eigenvalue weighted by Crippen LogP contribution is 2.54. The van der Waals surface area contributed by atoms with Gasteiger partial charge in [-0.15, -0.1) is 0 Å². The van der Waals surface area contributed by atoms with Gasteiger partial charge in [-0.3, -0.25) is 0 Å². The fourth-order valence-corrected chi connectivity index (χ4v) is 4.67. The molecule has 0 aromatic heterocycles. The maximum absolute atomic E-state index is 11.2. The Morgan fingerprint density at radius 2 is 1.93 bits per heavy atom. The molecule has 1 N–H and O–H groups in total. The van der Waals surface area contributed by atoms with E-state index in [1.165, 1.54) is 12.8 Å². The van der Waals surface area contributed by atoms with Crippen LogP contribution in [0.2, 0.25) is 0 Å². The van der Waals surface area contributed by atoms with Gasteiger partial charge < -0.3 is 19.3 Å². The number of hydrogen-bond donors (Lipinski definition) is 1. The number of carbonyl (C=O) groups is 1. The Bertz CT molecular complexity index is 769. The number of rotatable bonds is 5. The van der Waals surface area contributed by atoms with Crippen molar-refractivity contribution in [3.63, 3.8) is 0 Å². The zero-order valence-electron chi connectivity index (χ0n) is 15.6. The third-order valence-electron chi connectivity index (χ3n) is 6.47. The lowest BCUT2D eigenvalue weighted by Gasteiger charge is -2.34. The van der Waals surface area contributed by atoms with Crippen LogP contribution in [-0.2, 0) is 14.9 Å². The molecule has 3 fully saturated rings. The van der Waals surface area contributed by atoms with Crippen molar-refractivity contribution in [1.29, 1.82) is 5.26 Å². The van der Waals surface area contributed by atoms with Crippen LogP contribution >= 0.6 is 0 Å². The van der Waals surface area contributed by atoms with Crippen LogP contribution < -0.4 is 9.47 Å². The first-order valence-electron chi connectivity index (χ1n) is 9.69. The van der Waals surface area contributed by atoms with E-state index in [1.807, 2.05) is 18.2 Å². The summed E-state index contributed by atoms with van der Waals surface area (Å²) in [6.45, 7) is 0. The molecule has 1 atom stereocenters. The van der Waals surface area contributed by atoms with Crippen molar-refractivity contribution >= 4 is 5.97 Å². The molecule has 0 bridgehead atoms. The lowest BCUT2D eigenvalue weighted by Crippen LogP contribution is -2.36. The van der Waals surface area contributed by atoms with Crippen molar-refractivity contribution in [3.05, 3.63) is 23.8 Å². The summed E-state index contributed by atoms with van der Waals surface area (Å²) in [6, 6.07) is 8.25. The van der Waals surface area contributed by atoms with E-state index in [2.05, 4.69) is 6.07 Å². The van der Waals surface area contributed by atoms with Gasteiger partial charge in [-0.05, 0) is 69.1 Å². The molecule has 3 aliphatic rings. The van der Waals surface area contributed by atoms with Crippen molar-refractivity contribution in [2.24, 2.45) is 0 Å². The summed E-state index contributed by atoms with van der Waals surface area (Å²) in [6.07, 6.45) is 6.30. The van der Waals surface area contributed by atoms with E-state index in [9.17, 15) is 15.2 Å². The molecule has 1 aliphatic heterocycles. The van der Waals surface area contributed by atoms with Gasteiger partial charge in [-0.25, -0.2) is 4.79 Å². The Balaban J connectivity index is 1.56. The second-order valence-corrected chi connectivity index (χ2v) is 7.98. The van der Waals surface area contributed by atoms with E-state index in [0.717, 1.165) is 18.4 Å². The SMILES string of the molecule is COc1ccc(C2(C#N)CCC3(CC2)OC3C(=O)O)cc1OC1CCCC1. The Morgan fingerprint density at radius 3 is 2.48 bits per heavy atom. The van der Waals surface area contributed by atoms with Gasteiger partial charge in [-0.1, -0.05) is 6.07 Å². The highest BCUT2D eigenvalue weighted by molar-refractivity contribution is 5.77. The molecule has 0 amide bonds. The van der Waals surface area contributed by atoms with Crippen LogP contribution in [0.25, 0.3) is 0 Å². The van der Waals surface area contributed by atoms with E-state index < -0.39 is 23.1 Å². The van der Waals surface area contributed by atoms with Crippen LogP contribution in [0.15, 0.2) is 18.2 Å². The fourth-order valence-electron chi connectivity index (χ4n) is 4.67. The Labute approximate surface area is 159 Å². The third-order valence-corrected chi connectivity index (χ3v) is 6.47. The monoisotopic (exact) mass is 371 g/mol. The van der Waals surface area contributed by atoms with Crippen molar-refractivity contribution in [2.45, 2.75) is 74.6 Å². The average Bonchev–Trinajstić information content (AvgIpc) is 3.15. The normalized spacial score (nSPS) is 32.8. The fraction of sp³-hybridized carbons (Fsp3) is 0.619. The number of methoxy groups -OCH3 is 1. The minimum absolute atomic E-state index is 0.206. The van der Waals surface area contributed by atoms with Crippen molar-refractivity contribution in [2.75, 3.05) is 7.11 Å². The van der Waals surface area contributed by atoms with Crippen LogP contribution in [0.3, 0.4) is 0 Å². The number of epoxide rings is 1. The summed E-state index contributed by atoms with van der Waals surface area (Å²) in [5, 5.41) is 19.2. The van der Waals surface area contributed by atoms with Crippen LogP contribution in [0, 0.1) is 11.3 Å². The first-order chi connectivity index (χ1) is 13.0. The number of benzene rings is 1. The molecule has 27 heavy (non-hydrogen) atoms. The molecule has 1 heterocycles. The van der Waals surface area contributed by atoms with Crippen LogP contribution in [0.4, 0.5) is 0 Å². The third kappa shape index (κ3) is 3.14.